The molecule has 0 spiro atoms. The second-order valence-electron chi connectivity index (χ2n) is 5.32. The van der Waals surface area contributed by atoms with Crippen molar-refractivity contribution in [2.75, 3.05) is 6.54 Å². The van der Waals surface area contributed by atoms with Gasteiger partial charge in [0.05, 0.1) is 16.9 Å². The molecule has 1 aromatic rings. The predicted octanol–water partition coefficient (Wildman–Crippen LogP) is 3.26. The molecule has 0 bridgehead atoms. The van der Waals surface area contributed by atoms with Crippen LogP contribution in [0.15, 0.2) is 12.3 Å². The smallest absolute Gasteiger partial charge is 0.0862 e. The molecule has 0 saturated carbocycles. The lowest BCUT2D eigenvalue weighted by Gasteiger charge is -2.19. The van der Waals surface area contributed by atoms with Crippen molar-refractivity contribution in [3.8, 4) is 0 Å². The fourth-order valence-electron chi connectivity index (χ4n) is 1.69. The van der Waals surface area contributed by atoms with Gasteiger partial charge in [0.15, 0.2) is 0 Å². The van der Waals surface area contributed by atoms with Crippen molar-refractivity contribution in [3.63, 3.8) is 0 Å². The highest BCUT2D eigenvalue weighted by molar-refractivity contribution is 6.32. The summed E-state index contributed by atoms with van der Waals surface area (Å²) in [7, 11) is 1.91. The number of nitrogens with zero attached hydrogens (tertiary/aromatic N) is 2. The third-order valence-electron chi connectivity index (χ3n) is 2.52. The molecule has 0 saturated heterocycles. The first-order valence-corrected chi connectivity index (χ1v) is 6.29. The standard InChI is InChI=1S/C13H22ClN3/c1-10(7-6-8-15-13(2,3)4)12-11(14)9-16-17(12)5/h7,9,15H,6,8H2,1-5H3. The van der Waals surface area contributed by atoms with Crippen molar-refractivity contribution >= 4 is 17.2 Å². The van der Waals surface area contributed by atoms with Crippen molar-refractivity contribution in [1.29, 1.82) is 0 Å². The van der Waals surface area contributed by atoms with Crippen LogP contribution in [-0.2, 0) is 7.05 Å². The summed E-state index contributed by atoms with van der Waals surface area (Å²) in [6, 6.07) is 0. The van der Waals surface area contributed by atoms with Gasteiger partial charge in [-0.1, -0.05) is 17.7 Å². The lowest BCUT2D eigenvalue weighted by Crippen LogP contribution is -2.36. The number of aromatic nitrogens is 2. The number of aryl methyl sites for hydroxylation is 1. The first-order chi connectivity index (χ1) is 7.81. The number of allylic oxidation sites excluding steroid dienone is 1. The number of rotatable bonds is 4. The lowest BCUT2D eigenvalue weighted by molar-refractivity contribution is 0.431. The zero-order valence-corrected chi connectivity index (χ0v) is 12.1. The van der Waals surface area contributed by atoms with Crippen molar-refractivity contribution in [1.82, 2.24) is 15.1 Å². The third-order valence-corrected chi connectivity index (χ3v) is 2.79. The molecule has 1 heterocycles. The van der Waals surface area contributed by atoms with Crippen LogP contribution in [0.25, 0.3) is 5.57 Å². The highest BCUT2D eigenvalue weighted by Gasteiger charge is 2.09. The summed E-state index contributed by atoms with van der Waals surface area (Å²) in [5, 5.41) is 8.30. The summed E-state index contributed by atoms with van der Waals surface area (Å²) < 4.78 is 1.81. The van der Waals surface area contributed by atoms with E-state index in [1.54, 1.807) is 6.20 Å². The first-order valence-electron chi connectivity index (χ1n) is 5.91. The highest BCUT2D eigenvalue weighted by Crippen LogP contribution is 2.22. The Hall–Kier alpha value is -0.800. The second kappa shape index (κ2) is 5.69. The summed E-state index contributed by atoms with van der Waals surface area (Å²) >= 11 is 6.09. The molecule has 0 aliphatic carbocycles. The summed E-state index contributed by atoms with van der Waals surface area (Å²) in [5.41, 5.74) is 2.35. The van der Waals surface area contributed by atoms with E-state index in [1.165, 1.54) is 5.57 Å². The van der Waals surface area contributed by atoms with Crippen LogP contribution in [0, 0.1) is 0 Å². The Kier molecular flexibility index (Phi) is 4.78. The topological polar surface area (TPSA) is 29.9 Å². The van der Waals surface area contributed by atoms with Gasteiger partial charge in [-0.05, 0) is 46.2 Å². The second-order valence-corrected chi connectivity index (χ2v) is 5.72. The molecular formula is C13H22ClN3. The third kappa shape index (κ3) is 4.52. The molecular weight excluding hydrogens is 234 g/mol. The zero-order chi connectivity index (χ0) is 13.1. The average molecular weight is 256 g/mol. The largest absolute Gasteiger partial charge is 0.312 e. The van der Waals surface area contributed by atoms with Gasteiger partial charge < -0.3 is 5.32 Å². The number of nitrogens with one attached hydrogen (secondary N) is 1. The minimum Gasteiger partial charge on any atom is -0.312 e. The van der Waals surface area contributed by atoms with Crippen molar-refractivity contribution < 1.29 is 0 Å². The number of halogens is 1. The predicted molar refractivity (Wildman–Crippen MR) is 74.2 cm³/mol. The molecule has 0 atom stereocenters. The molecule has 1 rings (SSSR count). The van der Waals surface area contributed by atoms with E-state index in [9.17, 15) is 0 Å². The molecule has 1 aromatic heterocycles. The maximum Gasteiger partial charge on any atom is 0.0862 e. The van der Waals surface area contributed by atoms with Crippen LogP contribution >= 0.6 is 11.6 Å². The molecule has 0 aromatic carbocycles. The molecule has 0 fully saturated rings. The van der Waals surface area contributed by atoms with Crippen molar-refractivity contribution in [3.05, 3.63) is 23.0 Å². The SMILES string of the molecule is CC(=CCCNC(C)(C)C)c1c(Cl)cnn1C. The molecule has 0 aliphatic heterocycles. The Labute approximate surface area is 109 Å². The minimum atomic E-state index is 0.173. The van der Waals surface area contributed by atoms with Crippen LogP contribution in [0.4, 0.5) is 0 Å². The van der Waals surface area contributed by atoms with Crippen molar-refractivity contribution in [2.24, 2.45) is 7.05 Å². The molecule has 17 heavy (non-hydrogen) atoms. The van der Waals surface area contributed by atoms with Gasteiger partial charge in [0, 0.05) is 12.6 Å². The monoisotopic (exact) mass is 255 g/mol. The number of hydrogen-bond acceptors (Lipinski definition) is 2. The molecule has 3 nitrogen and oxygen atoms in total. The van der Waals surface area contributed by atoms with E-state index in [0.717, 1.165) is 18.7 Å². The highest BCUT2D eigenvalue weighted by atomic mass is 35.5. The van der Waals surface area contributed by atoms with Gasteiger partial charge in [0.2, 0.25) is 0 Å². The fourth-order valence-corrected chi connectivity index (χ4v) is 2.00. The normalized spacial score (nSPS) is 13.2. The van der Waals surface area contributed by atoms with Gasteiger partial charge in [0.25, 0.3) is 0 Å². The van der Waals surface area contributed by atoms with Gasteiger partial charge in [-0.15, -0.1) is 0 Å². The van der Waals surface area contributed by atoms with Gasteiger partial charge in [0.1, 0.15) is 0 Å². The van der Waals surface area contributed by atoms with Crippen molar-refractivity contribution in [2.45, 2.75) is 39.7 Å². The summed E-state index contributed by atoms with van der Waals surface area (Å²) in [4.78, 5) is 0. The molecule has 96 valence electrons. The van der Waals surface area contributed by atoms with E-state index in [0.29, 0.717) is 5.02 Å². The van der Waals surface area contributed by atoms with Crippen LogP contribution in [0.3, 0.4) is 0 Å². The van der Waals surface area contributed by atoms with Gasteiger partial charge in [-0.2, -0.15) is 5.10 Å². The Balaban J connectivity index is 2.56. The molecule has 0 radical (unpaired) electrons. The van der Waals surface area contributed by atoms with Gasteiger partial charge >= 0.3 is 0 Å². The Bertz CT molecular complexity index is 380. The minimum absolute atomic E-state index is 0.173. The number of hydrogen-bond donors (Lipinski definition) is 1. The van der Waals surface area contributed by atoms with Gasteiger partial charge in [-0.25, -0.2) is 0 Å². The maximum absolute atomic E-state index is 6.09. The Morgan fingerprint density at radius 3 is 2.65 bits per heavy atom. The first kappa shape index (κ1) is 14.3. The lowest BCUT2D eigenvalue weighted by atomic mass is 10.1. The van der Waals surface area contributed by atoms with E-state index < -0.39 is 0 Å². The van der Waals surface area contributed by atoms with Crippen LogP contribution in [0.1, 0.15) is 39.8 Å². The summed E-state index contributed by atoms with van der Waals surface area (Å²) in [6.07, 6.45) is 4.87. The van der Waals surface area contributed by atoms with E-state index >= 15 is 0 Å². The quantitative estimate of drug-likeness (QED) is 0.837. The van der Waals surface area contributed by atoms with Crippen LogP contribution in [0.5, 0.6) is 0 Å². The van der Waals surface area contributed by atoms with E-state index in [4.69, 9.17) is 11.6 Å². The van der Waals surface area contributed by atoms with E-state index in [1.807, 2.05) is 11.7 Å². The molecule has 4 heteroatoms. The van der Waals surface area contributed by atoms with Crippen LogP contribution in [0.2, 0.25) is 5.02 Å². The Morgan fingerprint density at radius 2 is 2.18 bits per heavy atom. The fraction of sp³-hybridized carbons (Fsp3) is 0.615. The molecule has 0 amide bonds. The molecule has 0 aliphatic rings. The maximum atomic E-state index is 6.09. The average Bonchev–Trinajstić information content (AvgIpc) is 2.52. The van der Waals surface area contributed by atoms with E-state index in [-0.39, 0.29) is 5.54 Å². The molecule has 0 unspecified atom stereocenters. The zero-order valence-electron chi connectivity index (χ0n) is 11.3. The molecule has 1 N–H and O–H groups in total. The summed E-state index contributed by atoms with van der Waals surface area (Å²) in [5.74, 6) is 0. The van der Waals surface area contributed by atoms with Crippen LogP contribution < -0.4 is 5.32 Å². The Morgan fingerprint density at radius 1 is 1.53 bits per heavy atom. The summed E-state index contributed by atoms with van der Waals surface area (Å²) in [6.45, 7) is 9.54. The van der Waals surface area contributed by atoms with E-state index in [2.05, 4.69) is 44.2 Å². The van der Waals surface area contributed by atoms with Gasteiger partial charge in [-0.3, -0.25) is 4.68 Å². The van der Waals surface area contributed by atoms with Crippen LogP contribution in [-0.4, -0.2) is 21.9 Å².